The molecule has 0 radical (unpaired) electrons. The summed E-state index contributed by atoms with van der Waals surface area (Å²) in [5.74, 6) is 4.05. The number of thioether (sulfide) groups is 1. The van der Waals surface area contributed by atoms with E-state index in [0.717, 1.165) is 49.1 Å². The van der Waals surface area contributed by atoms with E-state index in [9.17, 15) is 0 Å². The minimum absolute atomic E-state index is 0.837. The maximum atomic E-state index is 5.97. The summed E-state index contributed by atoms with van der Waals surface area (Å²) in [5.41, 5.74) is 2.72. The van der Waals surface area contributed by atoms with Crippen molar-refractivity contribution < 1.29 is 9.47 Å². The standard InChI is InChI=1S/C38H62O2S/c1-3-5-7-9-11-13-15-17-19-21-31-39-37-27-23-35(24-28-37)33-41-34-36-25-29-38(30-26-36)40-32-22-20-18-16-14-12-10-8-6-4-2/h23-30H,3-22,31-34H2,1-2H3. The third-order valence-electron chi connectivity index (χ3n) is 7.92. The number of rotatable bonds is 28. The molecule has 0 fully saturated rings. The van der Waals surface area contributed by atoms with Crippen LogP contribution in [-0.4, -0.2) is 13.2 Å². The fourth-order valence-electron chi connectivity index (χ4n) is 5.21. The summed E-state index contributed by atoms with van der Waals surface area (Å²) in [4.78, 5) is 0. The Morgan fingerprint density at radius 1 is 0.390 bits per heavy atom. The lowest BCUT2D eigenvalue weighted by atomic mass is 10.1. The monoisotopic (exact) mass is 582 g/mol. The van der Waals surface area contributed by atoms with Crippen LogP contribution in [0.2, 0.25) is 0 Å². The smallest absolute Gasteiger partial charge is 0.119 e. The largest absolute Gasteiger partial charge is 0.494 e. The van der Waals surface area contributed by atoms with E-state index in [4.69, 9.17) is 9.47 Å². The zero-order chi connectivity index (χ0) is 29.1. The average molecular weight is 583 g/mol. The molecule has 2 aromatic rings. The summed E-state index contributed by atoms with van der Waals surface area (Å²) < 4.78 is 11.9. The zero-order valence-corrected chi connectivity index (χ0v) is 27.6. The fourth-order valence-corrected chi connectivity index (χ4v) is 6.17. The minimum atomic E-state index is 0.837. The molecule has 0 aliphatic carbocycles. The lowest BCUT2D eigenvalue weighted by Crippen LogP contribution is -1.97. The number of ether oxygens (including phenoxy) is 2. The van der Waals surface area contributed by atoms with Crippen molar-refractivity contribution in [2.45, 2.75) is 154 Å². The SMILES string of the molecule is CCCCCCCCCCCCOc1ccc(CSCc2ccc(OCCCCCCCCCCCC)cc2)cc1. The molecule has 0 amide bonds. The van der Waals surface area contributed by atoms with Crippen molar-refractivity contribution in [3.05, 3.63) is 59.7 Å². The molecule has 0 saturated heterocycles. The Bertz CT molecular complexity index is 748. The molecule has 0 unspecified atom stereocenters. The third kappa shape index (κ3) is 20.0. The van der Waals surface area contributed by atoms with Crippen LogP contribution in [0.5, 0.6) is 11.5 Å². The van der Waals surface area contributed by atoms with E-state index in [1.165, 1.54) is 127 Å². The van der Waals surface area contributed by atoms with Gasteiger partial charge in [-0.05, 0) is 48.2 Å². The zero-order valence-electron chi connectivity index (χ0n) is 26.8. The van der Waals surface area contributed by atoms with Gasteiger partial charge in [-0.2, -0.15) is 11.8 Å². The molecule has 41 heavy (non-hydrogen) atoms. The molecule has 0 aromatic heterocycles. The van der Waals surface area contributed by atoms with Gasteiger partial charge in [0.15, 0.2) is 0 Å². The highest BCUT2D eigenvalue weighted by Crippen LogP contribution is 2.22. The molecule has 232 valence electrons. The summed E-state index contributed by atoms with van der Waals surface area (Å²) in [6.45, 7) is 6.24. The van der Waals surface area contributed by atoms with Crippen LogP contribution in [0.15, 0.2) is 48.5 Å². The van der Waals surface area contributed by atoms with Gasteiger partial charge in [0, 0.05) is 11.5 Å². The van der Waals surface area contributed by atoms with Gasteiger partial charge in [-0.1, -0.05) is 154 Å². The van der Waals surface area contributed by atoms with E-state index >= 15 is 0 Å². The van der Waals surface area contributed by atoms with Crippen molar-refractivity contribution in [2.24, 2.45) is 0 Å². The predicted molar refractivity (Wildman–Crippen MR) is 183 cm³/mol. The predicted octanol–water partition coefficient (Wildman–Crippen LogP) is 12.7. The van der Waals surface area contributed by atoms with Crippen LogP contribution in [-0.2, 0) is 11.5 Å². The van der Waals surface area contributed by atoms with E-state index in [1.54, 1.807) is 0 Å². The summed E-state index contributed by atoms with van der Waals surface area (Å²) in [6.07, 6.45) is 27.2. The van der Waals surface area contributed by atoms with Crippen molar-refractivity contribution in [1.29, 1.82) is 0 Å². The quantitative estimate of drug-likeness (QED) is 0.0930. The van der Waals surface area contributed by atoms with Gasteiger partial charge in [0.2, 0.25) is 0 Å². The van der Waals surface area contributed by atoms with Crippen molar-refractivity contribution >= 4 is 11.8 Å². The van der Waals surface area contributed by atoms with Crippen molar-refractivity contribution in [2.75, 3.05) is 13.2 Å². The van der Waals surface area contributed by atoms with E-state index in [2.05, 4.69) is 62.4 Å². The summed E-state index contributed by atoms with van der Waals surface area (Å²) in [6, 6.07) is 17.4. The van der Waals surface area contributed by atoms with E-state index < -0.39 is 0 Å². The molecule has 0 N–H and O–H groups in total. The molecular weight excluding hydrogens is 520 g/mol. The minimum Gasteiger partial charge on any atom is -0.494 e. The first kappa shape index (κ1) is 35.6. The summed E-state index contributed by atoms with van der Waals surface area (Å²) >= 11 is 1.96. The van der Waals surface area contributed by atoms with Gasteiger partial charge >= 0.3 is 0 Å². The van der Waals surface area contributed by atoms with E-state index in [0.29, 0.717) is 0 Å². The van der Waals surface area contributed by atoms with Crippen LogP contribution < -0.4 is 9.47 Å². The van der Waals surface area contributed by atoms with Crippen LogP contribution in [0.3, 0.4) is 0 Å². The number of hydrogen-bond acceptors (Lipinski definition) is 3. The molecule has 0 bridgehead atoms. The molecule has 0 spiro atoms. The van der Waals surface area contributed by atoms with Gasteiger partial charge in [0.1, 0.15) is 11.5 Å². The Balaban J connectivity index is 1.44. The molecule has 0 saturated carbocycles. The van der Waals surface area contributed by atoms with Gasteiger partial charge in [0.25, 0.3) is 0 Å². The maximum absolute atomic E-state index is 5.97. The molecule has 3 heteroatoms. The van der Waals surface area contributed by atoms with Gasteiger partial charge in [0.05, 0.1) is 13.2 Å². The van der Waals surface area contributed by atoms with Crippen molar-refractivity contribution in [1.82, 2.24) is 0 Å². The van der Waals surface area contributed by atoms with E-state index in [1.807, 2.05) is 11.8 Å². The molecule has 0 aliphatic heterocycles. The van der Waals surface area contributed by atoms with Gasteiger partial charge < -0.3 is 9.47 Å². The number of benzene rings is 2. The highest BCUT2D eigenvalue weighted by molar-refractivity contribution is 7.97. The topological polar surface area (TPSA) is 18.5 Å². The van der Waals surface area contributed by atoms with Gasteiger partial charge in [-0.15, -0.1) is 0 Å². The Morgan fingerprint density at radius 3 is 1.00 bits per heavy atom. The first-order valence-corrected chi connectivity index (χ1v) is 18.5. The second-order valence-electron chi connectivity index (χ2n) is 11.8. The Morgan fingerprint density at radius 2 is 0.683 bits per heavy atom. The fraction of sp³-hybridized carbons (Fsp3) is 0.684. The summed E-state index contributed by atoms with van der Waals surface area (Å²) in [5, 5.41) is 0. The molecular formula is C38H62O2S. The van der Waals surface area contributed by atoms with Crippen molar-refractivity contribution in [3.8, 4) is 11.5 Å². The second-order valence-corrected chi connectivity index (χ2v) is 12.8. The van der Waals surface area contributed by atoms with Crippen LogP contribution in [0.25, 0.3) is 0 Å². The number of unbranched alkanes of at least 4 members (excludes halogenated alkanes) is 18. The Kier molecular flexibility index (Phi) is 22.6. The van der Waals surface area contributed by atoms with E-state index in [-0.39, 0.29) is 0 Å². The summed E-state index contributed by atoms with van der Waals surface area (Å²) in [7, 11) is 0. The normalized spacial score (nSPS) is 11.2. The lowest BCUT2D eigenvalue weighted by molar-refractivity contribution is 0.304. The first-order chi connectivity index (χ1) is 20.3. The van der Waals surface area contributed by atoms with Crippen LogP contribution >= 0.6 is 11.8 Å². The van der Waals surface area contributed by atoms with Gasteiger partial charge in [-0.25, -0.2) is 0 Å². The molecule has 0 aliphatic rings. The average Bonchev–Trinajstić information content (AvgIpc) is 3.00. The second kappa shape index (κ2) is 26.1. The Labute approximate surface area is 258 Å². The highest BCUT2D eigenvalue weighted by Gasteiger charge is 2.01. The molecule has 0 heterocycles. The van der Waals surface area contributed by atoms with Crippen LogP contribution in [0.4, 0.5) is 0 Å². The first-order valence-electron chi connectivity index (χ1n) is 17.3. The Hall–Kier alpha value is -1.61. The third-order valence-corrected chi connectivity index (χ3v) is 8.99. The molecule has 2 nitrogen and oxygen atoms in total. The highest BCUT2D eigenvalue weighted by atomic mass is 32.2. The molecule has 2 rings (SSSR count). The molecule has 2 aromatic carbocycles. The van der Waals surface area contributed by atoms with Crippen LogP contribution in [0, 0.1) is 0 Å². The lowest BCUT2D eigenvalue weighted by Gasteiger charge is -2.09. The maximum Gasteiger partial charge on any atom is 0.119 e. The molecule has 0 atom stereocenters. The van der Waals surface area contributed by atoms with Crippen molar-refractivity contribution in [3.63, 3.8) is 0 Å². The number of hydrogen-bond donors (Lipinski definition) is 0. The van der Waals surface area contributed by atoms with Gasteiger partial charge in [-0.3, -0.25) is 0 Å². The van der Waals surface area contributed by atoms with Crippen LogP contribution in [0.1, 0.15) is 153 Å².